The maximum absolute atomic E-state index is 12.4. The molecule has 7 heteroatoms. The lowest BCUT2D eigenvalue weighted by molar-refractivity contribution is -0.137. The van der Waals surface area contributed by atoms with E-state index >= 15 is 0 Å². The molecule has 0 radical (unpaired) electrons. The normalized spacial score (nSPS) is 22.1. The van der Waals surface area contributed by atoms with Gasteiger partial charge in [-0.15, -0.1) is 10.2 Å². The molecule has 2 aliphatic rings. The molecule has 2 aromatic rings. The molecule has 26 heavy (non-hydrogen) atoms. The zero-order valence-corrected chi connectivity index (χ0v) is 15.3. The first-order chi connectivity index (χ1) is 12.5. The van der Waals surface area contributed by atoms with Crippen molar-refractivity contribution >= 4 is 5.91 Å². The minimum absolute atomic E-state index is 0.0570. The maximum Gasteiger partial charge on any atom is 0.231 e. The van der Waals surface area contributed by atoms with Gasteiger partial charge in [-0.2, -0.15) is 0 Å². The van der Waals surface area contributed by atoms with Crippen molar-refractivity contribution in [2.45, 2.75) is 32.6 Å². The third-order valence-electron chi connectivity index (χ3n) is 5.35. The number of piperidine rings is 1. The zero-order chi connectivity index (χ0) is 18.1. The lowest BCUT2D eigenvalue weighted by Gasteiger charge is -2.40. The van der Waals surface area contributed by atoms with Crippen molar-refractivity contribution in [3.8, 4) is 11.5 Å². The molecular weight excluding hydrogens is 332 g/mol. The Morgan fingerprint density at radius 3 is 2.92 bits per heavy atom. The second-order valence-electron chi connectivity index (χ2n) is 7.60. The van der Waals surface area contributed by atoms with Crippen LogP contribution < -0.4 is 9.47 Å². The minimum Gasteiger partial charge on any atom is -0.454 e. The lowest BCUT2D eigenvalue weighted by atomic mass is 9.76. The van der Waals surface area contributed by atoms with Crippen molar-refractivity contribution in [1.29, 1.82) is 0 Å². The molecule has 1 saturated heterocycles. The van der Waals surface area contributed by atoms with E-state index in [-0.39, 0.29) is 11.3 Å². The number of carbonyl (C=O) groups excluding carboxylic acids is 1. The Morgan fingerprint density at radius 2 is 2.12 bits per heavy atom. The van der Waals surface area contributed by atoms with E-state index in [9.17, 15) is 4.79 Å². The molecule has 0 unspecified atom stereocenters. The summed E-state index contributed by atoms with van der Waals surface area (Å²) in [5, 5.41) is 8.02. The fourth-order valence-electron chi connectivity index (χ4n) is 3.86. The molecule has 2 aliphatic heterocycles. The zero-order valence-electron chi connectivity index (χ0n) is 15.3. The van der Waals surface area contributed by atoms with Gasteiger partial charge in [0.15, 0.2) is 11.5 Å². The summed E-state index contributed by atoms with van der Waals surface area (Å²) in [5.74, 6) is 2.76. The minimum atomic E-state index is 0.0570. The number of nitrogens with zero attached hydrogens (tertiary/aromatic N) is 4. The molecule has 1 amide bonds. The number of amides is 1. The number of likely N-dealkylation sites (tertiary alicyclic amines) is 1. The van der Waals surface area contributed by atoms with Crippen LogP contribution in [-0.2, 0) is 24.7 Å². The Hall–Kier alpha value is -2.57. The standard InChI is InChI=1S/C19H24N4O3/c1-19(10-14-3-4-15-16(9-14)26-13-25-15)7-5-18(24)23(11-19)8-6-17-21-20-12-22(17)2/h3-4,9,12H,5-8,10-11,13H2,1-2H3/t19-/m1/s1. The number of ether oxygens (including phenoxy) is 2. The van der Waals surface area contributed by atoms with Gasteiger partial charge in [0.05, 0.1) is 0 Å². The van der Waals surface area contributed by atoms with Crippen LogP contribution in [0, 0.1) is 5.41 Å². The van der Waals surface area contributed by atoms with Crippen molar-refractivity contribution in [3.05, 3.63) is 35.9 Å². The highest BCUT2D eigenvalue weighted by atomic mass is 16.7. The summed E-state index contributed by atoms with van der Waals surface area (Å²) in [6.07, 6.45) is 4.83. The Kier molecular flexibility index (Phi) is 4.30. The lowest BCUT2D eigenvalue weighted by Crippen LogP contribution is -2.47. The van der Waals surface area contributed by atoms with E-state index in [4.69, 9.17) is 9.47 Å². The molecule has 7 nitrogen and oxygen atoms in total. The Bertz CT molecular complexity index is 819. The van der Waals surface area contributed by atoms with Gasteiger partial charge in [0, 0.05) is 33.0 Å². The third-order valence-corrected chi connectivity index (χ3v) is 5.35. The van der Waals surface area contributed by atoms with Crippen LogP contribution in [0.1, 0.15) is 31.2 Å². The first-order valence-corrected chi connectivity index (χ1v) is 9.02. The van der Waals surface area contributed by atoms with Crippen LogP contribution in [0.3, 0.4) is 0 Å². The number of fused-ring (bicyclic) bond motifs is 1. The smallest absolute Gasteiger partial charge is 0.231 e. The fourth-order valence-corrected chi connectivity index (χ4v) is 3.86. The summed E-state index contributed by atoms with van der Waals surface area (Å²) >= 11 is 0. The molecule has 0 bridgehead atoms. The summed E-state index contributed by atoms with van der Waals surface area (Å²) in [6, 6.07) is 6.13. The van der Waals surface area contributed by atoms with Crippen LogP contribution in [0.5, 0.6) is 11.5 Å². The molecule has 1 aromatic heterocycles. The number of benzene rings is 1. The van der Waals surface area contributed by atoms with Crippen LogP contribution in [0.15, 0.2) is 24.5 Å². The molecular formula is C19H24N4O3. The van der Waals surface area contributed by atoms with Gasteiger partial charge in [0.1, 0.15) is 12.2 Å². The van der Waals surface area contributed by atoms with E-state index in [2.05, 4.69) is 29.3 Å². The van der Waals surface area contributed by atoms with E-state index in [0.717, 1.165) is 43.1 Å². The summed E-state index contributed by atoms with van der Waals surface area (Å²) < 4.78 is 12.8. The largest absolute Gasteiger partial charge is 0.454 e. The van der Waals surface area contributed by atoms with Crippen molar-refractivity contribution in [2.24, 2.45) is 12.5 Å². The van der Waals surface area contributed by atoms with Crippen LogP contribution in [-0.4, -0.2) is 45.5 Å². The number of rotatable bonds is 5. The van der Waals surface area contributed by atoms with E-state index in [0.29, 0.717) is 19.8 Å². The van der Waals surface area contributed by atoms with Gasteiger partial charge in [-0.3, -0.25) is 4.79 Å². The molecule has 1 aromatic carbocycles. The predicted octanol–water partition coefficient (Wildman–Crippen LogP) is 1.96. The number of aromatic nitrogens is 3. The topological polar surface area (TPSA) is 69.5 Å². The van der Waals surface area contributed by atoms with E-state index in [1.165, 1.54) is 5.56 Å². The molecule has 0 spiro atoms. The van der Waals surface area contributed by atoms with Gasteiger partial charge >= 0.3 is 0 Å². The first-order valence-electron chi connectivity index (χ1n) is 9.02. The molecule has 138 valence electrons. The highest BCUT2D eigenvalue weighted by Gasteiger charge is 2.35. The number of hydrogen-bond donors (Lipinski definition) is 0. The summed E-state index contributed by atoms with van der Waals surface area (Å²) in [6.45, 7) is 4.00. The predicted molar refractivity (Wildman–Crippen MR) is 94.9 cm³/mol. The fraction of sp³-hybridized carbons (Fsp3) is 0.526. The number of hydrogen-bond acceptors (Lipinski definition) is 5. The van der Waals surface area contributed by atoms with Gasteiger partial charge in [-0.25, -0.2) is 0 Å². The third kappa shape index (κ3) is 3.38. The number of aryl methyl sites for hydroxylation is 1. The van der Waals surface area contributed by atoms with Crippen molar-refractivity contribution in [3.63, 3.8) is 0 Å². The van der Waals surface area contributed by atoms with E-state index < -0.39 is 0 Å². The Morgan fingerprint density at radius 1 is 1.27 bits per heavy atom. The van der Waals surface area contributed by atoms with Gasteiger partial charge in [-0.1, -0.05) is 13.0 Å². The number of carbonyl (C=O) groups is 1. The van der Waals surface area contributed by atoms with Crippen LogP contribution in [0.4, 0.5) is 0 Å². The monoisotopic (exact) mass is 356 g/mol. The second-order valence-corrected chi connectivity index (χ2v) is 7.60. The van der Waals surface area contributed by atoms with Gasteiger partial charge in [0.2, 0.25) is 12.7 Å². The van der Waals surface area contributed by atoms with E-state index in [1.54, 1.807) is 6.33 Å². The van der Waals surface area contributed by atoms with Gasteiger partial charge < -0.3 is 18.9 Å². The van der Waals surface area contributed by atoms with Gasteiger partial charge in [0.25, 0.3) is 0 Å². The molecule has 4 rings (SSSR count). The van der Waals surface area contributed by atoms with Crippen LogP contribution in [0.2, 0.25) is 0 Å². The average Bonchev–Trinajstić information content (AvgIpc) is 3.24. The van der Waals surface area contributed by atoms with Crippen LogP contribution >= 0.6 is 0 Å². The summed E-state index contributed by atoms with van der Waals surface area (Å²) in [4.78, 5) is 14.4. The van der Waals surface area contributed by atoms with Crippen molar-refractivity contribution < 1.29 is 14.3 Å². The average molecular weight is 356 g/mol. The summed E-state index contributed by atoms with van der Waals surface area (Å²) in [7, 11) is 1.93. The first kappa shape index (κ1) is 16.9. The van der Waals surface area contributed by atoms with Crippen molar-refractivity contribution in [2.75, 3.05) is 19.9 Å². The quantitative estimate of drug-likeness (QED) is 0.819. The molecule has 0 N–H and O–H groups in total. The maximum atomic E-state index is 12.4. The Labute approximate surface area is 152 Å². The van der Waals surface area contributed by atoms with Crippen molar-refractivity contribution in [1.82, 2.24) is 19.7 Å². The molecule has 1 fully saturated rings. The van der Waals surface area contributed by atoms with E-state index in [1.807, 2.05) is 22.6 Å². The SMILES string of the molecule is Cn1cnnc1CCN1C[C@@](C)(Cc2ccc3c(c2)OCO3)CCC1=O. The Balaban J connectivity index is 1.42. The van der Waals surface area contributed by atoms with Crippen LogP contribution in [0.25, 0.3) is 0 Å². The molecule has 0 saturated carbocycles. The highest BCUT2D eigenvalue weighted by molar-refractivity contribution is 5.77. The molecule has 0 aliphatic carbocycles. The molecule has 3 heterocycles. The molecule has 1 atom stereocenters. The second kappa shape index (κ2) is 6.63. The summed E-state index contributed by atoms with van der Waals surface area (Å²) in [5.41, 5.74) is 1.28. The van der Waals surface area contributed by atoms with Gasteiger partial charge in [-0.05, 0) is 36.0 Å². The highest BCUT2D eigenvalue weighted by Crippen LogP contribution is 2.37.